The van der Waals surface area contributed by atoms with E-state index in [1.54, 1.807) is 0 Å². The van der Waals surface area contributed by atoms with Crippen LogP contribution in [-0.4, -0.2) is 16.8 Å². The van der Waals surface area contributed by atoms with Crippen molar-refractivity contribution in [2.75, 3.05) is 5.75 Å². The number of hydrogen-bond acceptors (Lipinski definition) is 2. The summed E-state index contributed by atoms with van der Waals surface area (Å²) >= 11 is 3.84. The van der Waals surface area contributed by atoms with Gasteiger partial charge in [-0.25, -0.2) is 9.18 Å². The monoisotopic (exact) mass is 210 g/mol. The second kappa shape index (κ2) is 4.68. The highest BCUT2D eigenvalue weighted by Crippen LogP contribution is 2.09. The van der Waals surface area contributed by atoms with Crippen LogP contribution in [0.4, 0.5) is 4.39 Å². The van der Waals surface area contributed by atoms with Gasteiger partial charge in [0.05, 0.1) is 16.9 Å². The number of benzene rings is 1. The summed E-state index contributed by atoms with van der Waals surface area (Å²) in [6, 6.07) is 3.49. The summed E-state index contributed by atoms with van der Waals surface area (Å²) in [6.07, 6.45) is 0. The van der Waals surface area contributed by atoms with Gasteiger partial charge >= 0.3 is 5.97 Å². The third-order valence-corrected chi connectivity index (χ3v) is 1.67. The van der Waals surface area contributed by atoms with Gasteiger partial charge in [-0.2, -0.15) is 12.6 Å². The van der Waals surface area contributed by atoms with Crippen molar-refractivity contribution in [3.05, 3.63) is 35.1 Å². The maximum absolute atomic E-state index is 13.0. The minimum absolute atomic E-state index is 0.0230. The summed E-state index contributed by atoms with van der Waals surface area (Å²) in [5.74, 6) is 3.73. The number of carboxylic acids is 1. The molecule has 2 nitrogen and oxygen atoms in total. The zero-order valence-corrected chi connectivity index (χ0v) is 8.01. The first-order valence-electron chi connectivity index (χ1n) is 3.77. The molecule has 1 rings (SSSR count). The number of rotatable bonds is 1. The summed E-state index contributed by atoms with van der Waals surface area (Å²) in [4.78, 5) is 10.6. The van der Waals surface area contributed by atoms with Gasteiger partial charge in [0.15, 0.2) is 0 Å². The van der Waals surface area contributed by atoms with Crippen molar-refractivity contribution in [3.8, 4) is 11.8 Å². The van der Waals surface area contributed by atoms with Crippen LogP contribution in [0.15, 0.2) is 18.2 Å². The zero-order chi connectivity index (χ0) is 10.6. The van der Waals surface area contributed by atoms with E-state index < -0.39 is 11.8 Å². The molecule has 0 amide bonds. The molecule has 14 heavy (non-hydrogen) atoms. The average molecular weight is 210 g/mol. The molecule has 0 heterocycles. The van der Waals surface area contributed by atoms with Crippen molar-refractivity contribution in [1.29, 1.82) is 0 Å². The number of hydrogen-bond donors (Lipinski definition) is 2. The molecule has 4 heteroatoms. The van der Waals surface area contributed by atoms with Crippen LogP contribution in [0.3, 0.4) is 0 Å². The normalized spacial score (nSPS) is 9.00. The largest absolute Gasteiger partial charge is 0.478 e. The molecule has 1 N–H and O–H groups in total. The molecule has 1 aromatic carbocycles. The fourth-order valence-electron chi connectivity index (χ4n) is 0.889. The summed E-state index contributed by atoms with van der Waals surface area (Å²) in [5.41, 5.74) is 0.105. The predicted octanol–water partition coefficient (Wildman–Crippen LogP) is 1.81. The highest BCUT2D eigenvalue weighted by molar-refractivity contribution is 7.80. The minimum atomic E-state index is -1.10. The Morgan fingerprint density at radius 2 is 2.29 bits per heavy atom. The van der Waals surface area contributed by atoms with Crippen LogP contribution in [0.1, 0.15) is 15.9 Å². The Kier molecular flexibility index (Phi) is 3.55. The van der Waals surface area contributed by atoms with Crippen molar-refractivity contribution in [2.45, 2.75) is 0 Å². The van der Waals surface area contributed by atoms with Gasteiger partial charge in [-0.15, -0.1) is 0 Å². The van der Waals surface area contributed by atoms with Crippen LogP contribution in [0, 0.1) is 17.7 Å². The van der Waals surface area contributed by atoms with Crippen LogP contribution >= 0.6 is 12.6 Å². The Labute approximate surface area is 86.2 Å². The molecule has 0 fully saturated rings. The Bertz CT molecular complexity index is 418. The van der Waals surface area contributed by atoms with Crippen LogP contribution in [-0.2, 0) is 0 Å². The van der Waals surface area contributed by atoms with E-state index in [2.05, 4.69) is 24.5 Å². The van der Waals surface area contributed by atoms with E-state index in [0.717, 1.165) is 6.07 Å². The van der Waals surface area contributed by atoms with Crippen molar-refractivity contribution in [1.82, 2.24) is 0 Å². The highest BCUT2D eigenvalue weighted by atomic mass is 32.1. The van der Waals surface area contributed by atoms with E-state index in [9.17, 15) is 9.18 Å². The van der Waals surface area contributed by atoms with Gasteiger partial charge in [-0.1, -0.05) is 11.8 Å². The van der Waals surface area contributed by atoms with Crippen molar-refractivity contribution < 1.29 is 14.3 Å². The predicted molar refractivity (Wildman–Crippen MR) is 54.1 cm³/mol. The molecular formula is C10H7FO2S. The molecule has 72 valence electrons. The summed E-state index contributed by atoms with van der Waals surface area (Å²) < 4.78 is 13.0. The van der Waals surface area contributed by atoms with Crippen LogP contribution in [0.2, 0.25) is 0 Å². The maximum atomic E-state index is 13.0. The molecule has 0 aromatic heterocycles. The van der Waals surface area contributed by atoms with Gasteiger partial charge in [0.25, 0.3) is 0 Å². The summed E-state index contributed by atoms with van der Waals surface area (Å²) in [7, 11) is 0. The number of thiol groups is 1. The smallest absolute Gasteiger partial charge is 0.335 e. The molecule has 0 saturated carbocycles. The lowest BCUT2D eigenvalue weighted by Crippen LogP contribution is -1.97. The van der Waals surface area contributed by atoms with Gasteiger partial charge in [-0.3, -0.25) is 0 Å². The number of halogens is 1. The number of carboxylic acid groups (broad SMARTS) is 1. The fourth-order valence-corrected chi connectivity index (χ4v) is 0.968. The molecule has 0 aliphatic heterocycles. The Morgan fingerprint density at radius 1 is 1.57 bits per heavy atom. The fraction of sp³-hybridized carbons (Fsp3) is 0.100. The molecule has 0 bridgehead atoms. The van der Waals surface area contributed by atoms with E-state index in [0.29, 0.717) is 5.75 Å². The van der Waals surface area contributed by atoms with Crippen molar-refractivity contribution in [3.63, 3.8) is 0 Å². The van der Waals surface area contributed by atoms with Gasteiger partial charge < -0.3 is 5.11 Å². The lowest BCUT2D eigenvalue weighted by atomic mass is 10.1. The van der Waals surface area contributed by atoms with Crippen LogP contribution in [0.5, 0.6) is 0 Å². The molecular weight excluding hydrogens is 203 g/mol. The van der Waals surface area contributed by atoms with Gasteiger partial charge in [0, 0.05) is 0 Å². The Morgan fingerprint density at radius 3 is 2.86 bits per heavy atom. The first-order chi connectivity index (χ1) is 6.65. The standard InChI is InChI=1S/C10H7FO2S/c11-9-4-3-8(10(12)13)6-7(9)2-1-5-14/h3-4,6,14H,5H2,(H,12,13). The van der Waals surface area contributed by atoms with E-state index in [4.69, 9.17) is 5.11 Å². The van der Waals surface area contributed by atoms with Gasteiger partial charge in [0.1, 0.15) is 5.82 Å². The number of carbonyl (C=O) groups is 1. The topological polar surface area (TPSA) is 37.3 Å². The maximum Gasteiger partial charge on any atom is 0.335 e. The zero-order valence-electron chi connectivity index (χ0n) is 7.12. The average Bonchev–Trinajstić information content (AvgIpc) is 2.16. The van der Waals surface area contributed by atoms with Crippen molar-refractivity contribution >= 4 is 18.6 Å². The van der Waals surface area contributed by atoms with E-state index in [1.165, 1.54) is 12.1 Å². The SMILES string of the molecule is O=C(O)c1ccc(F)c(C#CCS)c1. The van der Waals surface area contributed by atoms with E-state index in [-0.39, 0.29) is 11.1 Å². The van der Waals surface area contributed by atoms with Gasteiger partial charge in [-0.05, 0) is 18.2 Å². The summed E-state index contributed by atoms with van der Waals surface area (Å²) in [6.45, 7) is 0. The van der Waals surface area contributed by atoms with Crippen molar-refractivity contribution in [2.24, 2.45) is 0 Å². The third kappa shape index (κ3) is 2.51. The second-order valence-electron chi connectivity index (χ2n) is 2.46. The quantitative estimate of drug-likeness (QED) is 0.548. The molecule has 0 radical (unpaired) electrons. The highest BCUT2D eigenvalue weighted by Gasteiger charge is 2.06. The van der Waals surface area contributed by atoms with E-state index >= 15 is 0 Å². The first kappa shape index (κ1) is 10.6. The Hall–Kier alpha value is -1.47. The lowest BCUT2D eigenvalue weighted by molar-refractivity contribution is 0.0697. The second-order valence-corrected chi connectivity index (χ2v) is 2.78. The van der Waals surface area contributed by atoms with Crippen LogP contribution in [0.25, 0.3) is 0 Å². The molecule has 1 aromatic rings. The molecule has 0 aliphatic carbocycles. The molecule has 0 atom stereocenters. The lowest BCUT2D eigenvalue weighted by Gasteiger charge is -1.96. The van der Waals surface area contributed by atoms with E-state index in [1.807, 2.05) is 0 Å². The minimum Gasteiger partial charge on any atom is -0.478 e. The molecule has 0 saturated heterocycles. The molecule has 0 unspecified atom stereocenters. The first-order valence-corrected chi connectivity index (χ1v) is 4.41. The van der Waals surface area contributed by atoms with Gasteiger partial charge in [0.2, 0.25) is 0 Å². The molecule has 0 spiro atoms. The third-order valence-electron chi connectivity index (χ3n) is 1.52. The molecule has 0 aliphatic rings. The van der Waals surface area contributed by atoms with Crippen LogP contribution < -0.4 is 0 Å². The number of aromatic carboxylic acids is 1. The summed E-state index contributed by atoms with van der Waals surface area (Å²) in [5, 5.41) is 8.64. The Balaban J connectivity index is 3.14.